The van der Waals surface area contributed by atoms with Gasteiger partial charge >= 0.3 is 6.03 Å². The average molecular weight is 830 g/mol. The van der Waals surface area contributed by atoms with Crippen LogP contribution in [0.3, 0.4) is 0 Å². The van der Waals surface area contributed by atoms with E-state index in [-0.39, 0.29) is 53.8 Å². The van der Waals surface area contributed by atoms with Gasteiger partial charge in [0, 0.05) is 87.7 Å². The second-order valence-electron chi connectivity index (χ2n) is 17.0. The van der Waals surface area contributed by atoms with Crippen molar-refractivity contribution in [1.29, 1.82) is 0 Å². The number of anilines is 4. The monoisotopic (exact) mass is 829 g/mol. The van der Waals surface area contributed by atoms with Crippen LogP contribution in [0.2, 0.25) is 0 Å². The molecule has 1 aromatic carbocycles. The molecule has 7 heterocycles. The fourth-order valence-corrected chi connectivity index (χ4v) is 9.80. The number of carbonyl (C=O) groups excluding carboxylic acids is 5. The number of ketones is 1. The molecule has 0 spiro atoms. The van der Waals surface area contributed by atoms with Crippen molar-refractivity contribution >= 4 is 63.7 Å². The number of carbonyl (C=O) groups is 5. The van der Waals surface area contributed by atoms with Crippen LogP contribution < -0.4 is 26.4 Å². The van der Waals surface area contributed by atoms with Crippen molar-refractivity contribution in [2.75, 3.05) is 61.3 Å². The van der Waals surface area contributed by atoms with E-state index in [1.54, 1.807) is 35.9 Å². The summed E-state index contributed by atoms with van der Waals surface area (Å²) in [5.74, 6) is 0.177. The molecule has 0 bridgehead atoms. The summed E-state index contributed by atoms with van der Waals surface area (Å²) in [7, 11) is 0. The summed E-state index contributed by atoms with van der Waals surface area (Å²) in [5, 5.41) is 9.25. The van der Waals surface area contributed by atoms with Crippen LogP contribution in [-0.2, 0) is 16.1 Å². The van der Waals surface area contributed by atoms with Gasteiger partial charge in [0.1, 0.15) is 17.5 Å². The van der Waals surface area contributed by atoms with Crippen LogP contribution in [0.4, 0.5) is 27.9 Å². The van der Waals surface area contributed by atoms with Gasteiger partial charge in [0.05, 0.1) is 17.4 Å². The molecule has 3 saturated heterocycles. The third-order valence-electron chi connectivity index (χ3n) is 13.2. The maximum Gasteiger partial charge on any atom is 0.321 e. The Kier molecular flexibility index (Phi) is 11.0. The van der Waals surface area contributed by atoms with Crippen molar-refractivity contribution in [1.82, 2.24) is 39.5 Å². The smallest absolute Gasteiger partial charge is 0.321 e. The predicted molar refractivity (Wildman–Crippen MR) is 228 cm³/mol. The highest BCUT2D eigenvalue weighted by molar-refractivity contribution is 6.06. The average Bonchev–Trinajstić information content (AvgIpc) is 3.89. The van der Waals surface area contributed by atoms with Crippen molar-refractivity contribution in [3.8, 4) is 0 Å². The van der Waals surface area contributed by atoms with E-state index in [0.717, 1.165) is 82.5 Å². The summed E-state index contributed by atoms with van der Waals surface area (Å²) in [6, 6.07) is 8.34. The Bertz CT molecular complexity index is 2470. The molecule has 1 unspecified atom stereocenters. The number of imide groups is 1. The number of piperidine rings is 2. The first-order valence-electron chi connectivity index (χ1n) is 21.5. The lowest BCUT2D eigenvalue weighted by Crippen LogP contribution is -2.52. The molecule has 1 saturated carbocycles. The number of nitrogens with zero attached hydrogens (tertiary/aromatic N) is 8. The van der Waals surface area contributed by atoms with Gasteiger partial charge in [-0.1, -0.05) is 12.8 Å². The van der Waals surface area contributed by atoms with Gasteiger partial charge in [-0.15, -0.1) is 0 Å². The molecule has 4 fully saturated rings. The van der Waals surface area contributed by atoms with Crippen LogP contribution in [0.25, 0.3) is 11.0 Å². The van der Waals surface area contributed by atoms with Crippen molar-refractivity contribution in [3.05, 3.63) is 75.3 Å². The number of Topliss-reactive ketones (excluding diaryl/α,β-unsaturated/α-hetero) is 1. The molecular weight excluding hydrogens is 779 g/mol. The molecule has 9 rings (SSSR count). The predicted octanol–water partition coefficient (Wildman–Crippen LogP) is 4.38. The fourth-order valence-electron chi connectivity index (χ4n) is 9.80. The zero-order valence-electron chi connectivity index (χ0n) is 34.6. The highest BCUT2D eigenvalue weighted by Gasteiger charge is 2.39. The number of hydrogen-bond donors (Lipinski definition) is 3. The number of hydrogen-bond acceptors (Lipinski definition) is 12. The Morgan fingerprint density at radius 2 is 1.66 bits per heavy atom. The second kappa shape index (κ2) is 16.7. The van der Waals surface area contributed by atoms with E-state index in [1.165, 1.54) is 11.8 Å². The molecular formula is C44H51N11O6. The molecule has 318 valence electrons. The van der Waals surface area contributed by atoms with E-state index < -0.39 is 11.9 Å². The van der Waals surface area contributed by atoms with Gasteiger partial charge in [-0.3, -0.25) is 38.8 Å². The molecule has 3 N–H and O–H groups in total. The van der Waals surface area contributed by atoms with Crippen molar-refractivity contribution in [2.45, 2.75) is 83.8 Å². The van der Waals surface area contributed by atoms with Gasteiger partial charge in [0.15, 0.2) is 5.78 Å². The van der Waals surface area contributed by atoms with Crippen LogP contribution in [0.15, 0.2) is 47.5 Å². The molecule has 1 aliphatic carbocycles. The Morgan fingerprint density at radius 3 is 2.36 bits per heavy atom. The SMILES string of the molecule is CC(=O)c1c(C)c2cnc(Nc3ccc(N4CCN(CC5CCN(C(=O)Nc6ccc7c(c6)CN(C6CCC(=O)NC6=O)C7=O)CC5)CC4)cn3)nc2n(C2CCCC2)c1=O. The van der Waals surface area contributed by atoms with Crippen molar-refractivity contribution in [3.63, 3.8) is 0 Å². The molecule has 17 heteroatoms. The molecule has 61 heavy (non-hydrogen) atoms. The van der Waals surface area contributed by atoms with Gasteiger partial charge in [-0.05, 0) is 93.3 Å². The van der Waals surface area contributed by atoms with E-state index in [0.29, 0.717) is 65.0 Å². The number of nitrogens with one attached hydrogen (secondary N) is 3. The van der Waals surface area contributed by atoms with E-state index >= 15 is 0 Å². The van der Waals surface area contributed by atoms with Gasteiger partial charge < -0.3 is 25.3 Å². The number of amides is 5. The summed E-state index contributed by atoms with van der Waals surface area (Å²) >= 11 is 0. The van der Waals surface area contributed by atoms with E-state index in [9.17, 15) is 28.8 Å². The minimum atomic E-state index is -0.680. The summed E-state index contributed by atoms with van der Waals surface area (Å²) in [4.78, 5) is 98.6. The summed E-state index contributed by atoms with van der Waals surface area (Å²) in [5.41, 5.74) is 3.99. The number of piperazine rings is 1. The summed E-state index contributed by atoms with van der Waals surface area (Å²) in [6.45, 7) is 9.42. The molecule has 17 nitrogen and oxygen atoms in total. The van der Waals surface area contributed by atoms with Gasteiger partial charge in [0.2, 0.25) is 17.8 Å². The Morgan fingerprint density at radius 1 is 0.885 bits per heavy atom. The zero-order chi connectivity index (χ0) is 42.4. The molecule has 3 aromatic heterocycles. The van der Waals surface area contributed by atoms with E-state index in [2.05, 4.69) is 35.7 Å². The number of aromatic nitrogens is 4. The number of aryl methyl sites for hydroxylation is 1. The number of fused-ring (bicyclic) bond motifs is 2. The number of urea groups is 1. The third-order valence-corrected chi connectivity index (χ3v) is 13.2. The lowest BCUT2D eigenvalue weighted by Gasteiger charge is -2.39. The topological polar surface area (TPSA) is 195 Å². The largest absolute Gasteiger partial charge is 0.368 e. The molecule has 1 atom stereocenters. The minimum absolute atomic E-state index is 0.00483. The molecule has 4 aliphatic heterocycles. The highest BCUT2D eigenvalue weighted by atomic mass is 16.2. The Labute approximate surface area is 352 Å². The lowest BCUT2D eigenvalue weighted by atomic mass is 9.96. The van der Waals surface area contributed by atoms with Crippen molar-refractivity contribution in [2.24, 2.45) is 5.92 Å². The first-order valence-corrected chi connectivity index (χ1v) is 21.5. The summed E-state index contributed by atoms with van der Waals surface area (Å²) in [6.07, 6.45) is 9.72. The second-order valence-corrected chi connectivity index (χ2v) is 17.0. The standard InChI is InChI=1S/C44H51N11O6/c1-26-34-23-46-43(50-39(34)55(31-5-3-4-6-31)42(60)38(26)27(2)56)48-36-11-8-32(22-45-36)52-19-17-51(18-20-52)24-28-13-15-53(16-14-28)44(61)47-30-7-9-33-29(21-30)25-54(41(33)59)35-10-12-37(57)49-40(35)58/h7-9,11,21-23,28,31,35H,3-6,10,12-20,24-25H2,1-2H3,(H,47,61)(H,49,57,58)(H,45,46,48,50). The highest BCUT2D eigenvalue weighted by Crippen LogP contribution is 2.33. The van der Waals surface area contributed by atoms with Crippen LogP contribution in [0.5, 0.6) is 0 Å². The maximum atomic E-state index is 13.6. The van der Waals surface area contributed by atoms with Gasteiger partial charge in [-0.25, -0.2) is 14.8 Å². The van der Waals surface area contributed by atoms with E-state index in [1.807, 2.05) is 23.2 Å². The number of benzene rings is 1. The van der Waals surface area contributed by atoms with Crippen LogP contribution in [-0.4, -0.2) is 116 Å². The molecule has 5 aliphatic rings. The lowest BCUT2D eigenvalue weighted by molar-refractivity contribution is -0.136. The number of pyridine rings is 2. The normalized spacial score (nSPS) is 20.3. The zero-order valence-corrected chi connectivity index (χ0v) is 34.6. The number of likely N-dealkylation sites (tertiary alicyclic amines) is 1. The summed E-state index contributed by atoms with van der Waals surface area (Å²) < 4.78 is 1.71. The number of rotatable bonds is 9. The first kappa shape index (κ1) is 40.2. The third kappa shape index (κ3) is 8.05. The van der Waals surface area contributed by atoms with Crippen LogP contribution >= 0.6 is 0 Å². The minimum Gasteiger partial charge on any atom is -0.368 e. The van der Waals surface area contributed by atoms with Crippen molar-refractivity contribution < 1.29 is 24.0 Å². The van der Waals surface area contributed by atoms with E-state index in [4.69, 9.17) is 4.98 Å². The molecule has 5 amide bonds. The van der Waals surface area contributed by atoms with Gasteiger partial charge in [0.25, 0.3) is 11.5 Å². The first-order chi connectivity index (χ1) is 29.5. The molecule has 0 radical (unpaired) electrons. The van der Waals surface area contributed by atoms with Crippen LogP contribution in [0, 0.1) is 12.8 Å². The Balaban J connectivity index is 0.740. The maximum absolute atomic E-state index is 13.6. The fraction of sp³-hybridized carbons (Fsp3) is 0.477. The van der Waals surface area contributed by atoms with Crippen LogP contribution in [0.1, 0.15) is 96.2 Å². The van der Waals surface area contributed by atoms with Gasteiger partial charge in [-0.2, -0.15) is 4.98 Å². The molecule has 4 aromatic rings. The Hall–Kier alpha value is -6.23. The quantitative estimate of drug-likeness (QED) is 0.159.